The summed E-state index contributed by atoms with van der Waals surface area (Å²) in [6.45, 7) is 6.72. The second-order valence-corrected chi connectivity index (χ2v) is 4.92. The fourth-order valence-electron chi connectivity index (χ4n) is 2.86. The molecule has 0 spiro atoms. The Kier molecular flexibility index (Phi) is 5.03. The smallest absolute Gasteiger partial charge is 0.0609 e. The summed E-state index contributed by atoms with van der Waals surface area (Å²) >= 11 is 0. The topological polar surface area (TPSA) is 43.7 Å². The molecule has 3 heteroatoms. The van der Waals surface area contributed by atoms with Crippen molar-refractivity contribution in [1.82, 2.24) is 4.90 Å². The van der Waals surface area contributed by atoms with Crippen LogP contribution in [-0.2, 0) is 0 Å². The minimum Gasteiger partial charge on any atom is -0.395 e. The lowest BCUT2D eigenvalue weighted by atomic mass is 9.72. The summed E-state index contributed by atoms with van der Waals surface area (Å²) in [6, 6.07) is -0.0353. The quantitative estimate of drug-likeness (QED) is 0.671. The highest BCUT2D eigenvalue weighted by Gasteiger charge is 2.43. The maximum absolute atomic E-state index is 9.09. The molecule has 1 heterocycles. The highest BCUT2D eigenvalue weighted by molar-refractivity contribution is 4.96. The summed E-state index contributed by atoms with van der Waals surface area (Å²) in [5.41, 5.74) is 0.478. The molecule has 1 aliphatic rings. The lowest BCUT2D eigenvalue weighted by Crippen LogP contribution is -2.61. The van der Waals surface area contributed by atoms with Gasteiger partial charge < -0.3 is 10.2 Å². The van der Waals surface area contributed by atoms with Crippen molar-refractivity contribution in [3.05, 3.63) is 0 Å². The normalized spacial score (nSPS) is 20.6. The Morgan fingerprint density at radius 1 is 1.07 bits per heavy atom. The molecule has 0 saturated carbocycles. The first-order valence-corrected chi connectivity index (χ1v) is 6.17. The fraction of sp³-hybridized carbons (Fsp3) is 1.00. The van der Waals surface area contributed by atoms with Crippen LogP contribution < -0.4 is 0 Å². The molecule has 0 aliphatic carbocycles. The Labute approximate surface area is 93.1 Å². The molecule has 0 aromatic heterocycles. The Hall–Kier alpha value is -0.120. The summed E-state index contributed by atoms with van der Waals surface area (Å²) in [7, 11) is 0. The molecule has 0 aromatic carbocycles. The van der Waals surface area contributed by atoms with E-state index in [2.05, 4.69) is 18.7 Å². The van der Waals surface area contributed by atoms with Gasteiger partial charge in [0, 0.05) is 13.1 Å². The Morgan fingerprint density at radius 2 is 1.53 bits per heavy atom. The third-order valence-corrected chi connectivity index (χ3v) is 3.58. The van der Waals surface area contributed by atoms with E-state index in [1.807, 2.05) is 0 Å². The van der Waals surface area contributed by atoms with Gasteiger partial charge in [-0.25, -0.2) is 0 Å². The molecule has 0 amide bonds. The van der Waals surface area contributed by atoms with Gasteiger partial charge in [0.25, 0.3) is 0 Å². The molecular weight excluding hydrogens is 190 g/mol. The zero-order chi connectivity index (χ0) is 11.3. The molecule has 2 N–H and O–H groups in total. The van der Waals surface area contributed by atoms with E-state index in [-0.39, 0.29) is 19.3 Å². The zero-order valence-corrected chi connectivity index (χ0v) is 10.1. The SMILES string of the molecule is CCCC1(CCC)CN(C(CO)CO)C1. The second kappa shape index (κ2) is 5.83. The molecule has 0 bridgehead atoms. The summed E-state index contributed by atoms with van der Waals surface area (Å²) in [5, 5.41) is 18.2. The predicted molar refractivity (Wildman–Crippen MR) is 61.8 cm³/mol. The van der Waals surface area contributed by atoms with Crippen LogP contribution in [0.5, 0.6) is 0 Å². The van der Waals surface area contributed by atoms with E-state index in [1.54, 1.807) is 0 Å². The summed E-state index contributed by atoms with van der Waals surface area (Å²) in [6.07, 6.45) is 5.02. The molecule has 0 unspecified atom stereocenters. The van der Waals surface area contributed by atoms with Gasteiger partial charge in [-0.2, -0.15) is 0 Å². The minimum atomic E-state index is -0.0353. The zero-order valence-electron chi connectivity index (χ0n) is 10.1. The Balaban J connectivity index is 2.41. The van der Waals surface area contributed by atoms with Gasteiger partial charge in [-0.05, 0) is 18.3 Å². The van der Waals surface area contributed by atoms with Crippen molar-refractivity contribution in [3.8, 4) is 0 Å². The first-order chi connectivity index (χ1) is 7.21. The van der Waals surface area contributed by atoms with Gasteiger partial charge in [0.15, 0.2) is 0 Å². The molecule has 3 nitrogen and oxygen atoms in total. The van der Waals surface area contributed by atoms with Crippen LogP contribution in [0.2, 0.25) is 0 Å². The maximum Gasteiger partial charge on any atom is 0.0609 e. The molecular formula is C12H25NO2. The fourth-order valence-corrected chi connectivity index (χ4v) is 2.86. The molecule has 1 rings (SSSR count). The van der Waals surface area contributed by atoms with Crippen molar-refractivity contribution >= 4 is 0 Å². The lowest BCUT2D eigenvalue weighted by Gasteiger charge is -2.53. The van der Waals surface area contributed by atoms with E-state index in [9.17, 15) is 0 Å². The Bertz CT molecular complexity index is 166. The summed E-state index contributed by atoms with van der Waals surface area (Å²) in [4.78, 5) is 2.21. The van der Waals surface area contributed by atoms with Crippen LogP contribution in [0.1, 0.15) is 39.5 Å². The monoisotopic (exact) mass is 215 g/mol. The van der Waals surface area contributed by atoms with Crippen LogP contribution in [0, 0.1) is 5.41 Å². The summed E-state index contributed by atoms with van der Waals surface area (Å²) in [5.74, 6) is 0. The number of nitrogens with zero attached hydrogens (tertiary/aromatic N) is 1. The van der Waals surface area contributed by atoms with E-state index in [4.69, 9.17) is 10.2 Å². The number of aliphatic hydroxyl groups excluding tert-OH is 2. The average molecular weight is 215 g/mol. The molecule has 0 atom stereocenters. The van der Waals surface area contributed by atoms with Crippen molar-refractivity contribution in [2.75, 3.05) is 26.3 Å². The predicted octanol–water partition coefficient (Wildman–Crippen LogP) is 1.24. The van der Waals surface area contributed by atoms with Crippen LogP contribution in [0.15, 0.2) is 0 Å². The van der Waals surface area contributed by atoms with Crippen molar-refractivity contribution in [2.45, 2.75) is 45.6 Å². The van der Waals surface area contributed by atoms with Crippen molar-refractivity contribution in [2.24, 2.45) is 5.41 Å². The molecule has 0 aromatic rings. The first-order valence-electron chi connectivity index (χ1n) is 6.17. The van der Waals surface area contributed by atoms with Gasteiger partial charge in [-0.1, -0.05) is 26.7 Å². The van der Waals surface area contributed by atoms with Crippen molar-refractivity contribution in [3.63, 3.8) is 0 Å². The maximum atomic E-state index is 9.09. The molecule has 1 fully saturated rings. The van der Waals surface area contributed by atoms with E-state index in [0.717, 1.165) is 13.1 Å². The summed E-state index contributed by atoms with van der Waals surface area (Å²) < 4.78 is 0. The second-order valence-electron chi connectivity index (χ2n) is 4.92. The minimum absolute atomic E-state index is 0.0353. The number of rotatable bonds is 7. The van der Waals surface area contributed by atoms with Crippen LogP contribution in [0.25, 0.3) is 0 Å². The number of hydrogen-bond acceptors (Lipinski definition) is 3. The number of aliphatic hydroxyl groups is 2. The Morgan fingerprint density at radius 3 is 1.87 bits per heavy atom. The van der Waals surface area contributed by atoms with E-state index in [0.29, 0.717) is 5.41 Å². The number of likely N-dealkylation sites (tertiary alicyclic amines) is 1. The molecule has 15 heavy (non-hydrogen) atoms. The third kappa shape index (κ3) is 2.92. The molecule has 1 saturated heterocycles. The molecule has 0 radical (unpaired) electrons. The van der Waals surface area contributed by atoms with Gasteiger partial charge in [0.05, 0.1) is 19.3 Å². The largest absolute Gasteiger partial charge is 0.395 e. The van der Waals surface area contributed by atoms with Gasteiger partial charge in [-0.3, -0.25) is 4.90 Å². The van der Waals surface area contributed by atoms with E-state index in [1.165, 1.54) is 25.7 Å². The first kappa shape index (κ1) is 12.9. The van der Waals surface area contributed by atoms with E-state index < -0.39 is 0 Å². The highest BCUT2D eigenvalue weighted by atomic mass is 16.3. The average Bonchev–Trinajstić information content (AvgIpc) is 2.17. The number of hydrogen-bond donors (Lipinski definition) is 2. The van der Waals surface area contributed by atoms with Crippen LogP contribution in [0.3, 0.4) is 0 Å². The molecule has 90 valence electrons. The highest BCUT2D eigenvalue weighted by Crippen LogP contribution is 2.40. The van der Waals surface area contributed by atoms with Crippen molar-refractivity contribution in [1.29, 1.82) is 0 Å². The van der Waals surface area contributed by atoms with Gasteiger partial charge in [-0.15, -0.1) is 0 Å². The van der Waals surface area contributed by atoms with Gasteiger partial charge in [0.1, 0.15) is 0 Å². The van der Waals surface area contributed by atoms with Crippen LogP contribution >= 0.6 is 0 Å². The van der Waals surface area contributed by atoms with Crippen LogP contribution in [-0.4, -0.2) is 47.5 Å². The molecule has 1 aliphatic heterocycles. The standard InChI is InChI=1S/C12H25NO2/c1-3-5-12(6-4-2)9-13(10-12)11(7-14)8-15/h11,14-15H,3-10H2,1-2H3. The third-order valence-electron chi connectivity index (χ3n) is 3.58. The van der Waals surface area contributed by atoms with Gasteiger partial charge in [0.2, 0.25) is 0 Å². The van der Waals surface area contributed by atoms with Crippen molar-refractivity contribution < 1.29 is 10.2 Å². The van der Waals surface area contributed by atoms with Crippen LogP contribution in [0.4, 0.5) is 0 Å². The lowest BCUT2D eigenvalue weighted by molar-refractivity contribution is -0.0698. The van der Waals surface area contributed by atoms with E-state index >= 15 is 0 Å². The van der Waals surface area contributed by atoms with Gasteiger partial charge >= 0.3 is 0 Å².